The molecule has 0 aliphatic carbocycles. The average molecular weight is 521 g/mol. The van der Waals surface area contributed by atoms with Gasteiger partial charge in [-0.1, -0.05) is 73.5 Å². The van der Waals surface area contributed by atoms with Crippen LogP contribution < -0.4 is 10.6 Å². The Morgan fingerprint density at radius 3 is 1.26 bits per heavy atom. The molecule has 8 nitrogen and oxygen atoms in total. The molecule has 206 valence electrons. The van der Waals surface area contributed by atoms with Crippen molar-refractivity contribution >= 4 is 12.1 Å². The van der Waals surface area contributed by atoms with Gasteiger partial charge in [0.1, 0.15) is 0 Å². The van der Waals surface area contributed by atoms with Crippen LogP contribution in [0, 0.1) is 0 Å². The molecule has 4 amide bonds. The van der Waals surface area contributed by atoms with E-state index in [-0.39, 0.29) is 12.1 Å². The molecular formula is C30H44N6O2. The van der Waals surface area contributed by atoms with Gasteiger partial charge in [0, 0.05) is 78.5 Å². The van der Waals surface area contributed by atoms with Crippen molar-refractivity contribution in [2.75, 3.05) is 65.4 Å². The number of carbonyl (C=O) groups excluding carboxylic acids is 2. The van der Waals surface area contributed by atoms with Gasteiger partial charge in [0.25, 0.3) is 0 Å². The molecule has 2 heterocycles. The predicted molar refractivity (Wildman–Crippen MR) is 152 cm³/mol. The molecule has 2 N–H and O–H groups in total. The molecule has 2 aromatic rings. The van der Waals surface area contributed by atoms with Crippen molar-refractivity contribution in [3.8, 4) is 0 Å². The summed E-state index contributed by atoms with van der Waals surface area (Å²) in [7, 11) is 0. The average Bonchev–Trinajstić information content (AvgIpc) is 2.96. The maximum atomic E-state index is 12.5. The molecule has 0 aromatic heterocycles. The Labute approximate surface area is 228 Å². The van der Waals surface area contributed by atoms with Crippen LogP contribution in [0.3, 0.4) is 0 Å². The van der Waals surface area contributed by atoms with Crippen LogP contribution in [0.4, 0.5) is 9.59 Å². The topological polar surface area (TPSA) is 71.2 Å². The summed E-state index contributed by atoms with van der Waals surface area (Å²) in [6.45, 7) is 10.1. The van der Waals surface area contributed by atoms with Crippen LogP contribution in [-0.4, -0.2) is 97.1 Å². The number of benzene rings is 2. The van der Waals surface area contributed by atoms with Crippen LogP contribution in [0.15, 0.2) is 60.7 Å². The zero-order chi connectivity index (χ0) is 26.4. The first-order chi connectivity index (χ1) is 18.7. The molecule has 0 saturated carbocycles. The number of rotatable bonds is 11. The van der Waals surface area contributed by atoms with Crippen molar-refractivity contribution in [1.82, 2.24) is 30.2 Å². The minimum atomic E-state index is 0.0560. The third-order valence-electron chi connectivity index (χ3n) is 7.47. The van der Waals surface area contributed by atoms with E-state index in [1.165, 1.54) is 11.1 Å². The summed E-state index contributed by atoms with van der Waals surface area (Å²) in [5.74, 6) is 0. The zero-order valence-electron chi connectivity index (χ0n) is 22.7. The molecule has 2 aliphatic rings. The lowest BCUT2D eigenvalue weighted by Gasteiger charge is -2.34. The standard InChI is InChI=1S/C30H44N6O2/c37-29(35-21-17-33(18-22-35)25-27-11-5-3-6-12-27)31-15-9-1-2-10-16-32-30(38)36-23-19-34(20-24-36)26-28-13-7-4-8-14-28/h3-8,11-14H,1-2,9-10,15-26H2,(H,31,37)(H,32,38). The number of unbranched alkanes of at least 4 members (excludes halogenated alkanes) is 3. The van der Waals surface area contributed by atoms with Gasteiger partial charge in [-0.25, -0.2) is 9.59 Å². The summed E-state index contributed by atoms with van der Waals surface area (Å²) in [6, 6.07) is 21.1. The fourth-order valence-corrected chi connectivity index (χ4v) is 5.12. The molecule has 0 radical (unpaired) electrons. The number of hydrogen-bond acceptors (Lipinski definition) is 4. The van der Waals surface area contributed by atoms with Crippen molar-refractivity contribution < 1.29 is 9.59 Å². The second-order valence-electron chi connectivity index (χ2n) is 10.4. The number of urea groups is 2. The highest BCUT2D eigenvalue weighted by atomic mass is 16.2. The molecule has 2 fully saturated rings. The Balaban J connectivity index is 0.971. The number of nitrogens with zero attached hydrogens (tertiary/aromatic N) is 4. The van der Waals surface area contributed by atoms with Gasteiger partial charge in [0.2, 0.25) is 0 Å². The lowest BCUT2D eigenvalue weighted by Crippen LogP contribution is -2.51. The molecule has 0 unspecified atom stereocenters. The molecule has 2 saturated heterocycles. The number of piperazine rings is 2. The third-order valence-corrected chi connectivity index (χ3v) is 7.47. The van der Waals surface area contributed by atoms with Crippen LogP contribution in [-0.2, 0) is 13.1 Å². The van der Waals surface area contributed by atoms with E-state index in [9.17, 15) is 9.59 Å². The van der Waals surface area contributed by atoms with Crippen molar-refractivity contribution in [1.29, 1.82) is 0 Å². The Kier molecular flexibility index (Phi) is 11.3. The van der Waals surface area contributed by atoms with E-state index >= 15 is 0 Å². The highest BCUT2D eigenvalue weighted by Gasteiger charge is 2.21. The maximum Gasteiger partial charge on any atom is 0.317 e. The zero-order valence-corrected chi connectivity index (χ0v) is 22.7. The van der Waals surface area contributed by atoms with E-state index in [4.69, 9.17) is 0 Å². The van der Waals surface area contributed by atoms with E-state index in [0.29, 0.717) is 13.1 Å². The van der Waals surface area contributed by atoms with Crippen molar-refractivity contribution in [3.63, 3.8) is 0 Å². The number of amides is 4. The van der Waals surface area contributed by atoms with Gasteiger partial charge in [0.05, 0.1) is 0 Å². The summed E-state index contributed by atoms with van der Waals surface area (Å²) < 4.78 is 0. The Morgan fingerprint density at radius 2 is 0.895 bits per heavy atom. The van der Waals surface area contributed by atoms with Crippen molar-refractivity contribution in [3.05, 3.63) is 71.8 Å². The van der Waals surface area contributed by atoms with Crippen LogP contribution in [0.25, 0.3) is 0 Å². The Hall–Kier alpha value is -3.10. The van der Waals surface area contributed by atoms with Gasteiger partial charge in [-0.2, -0.15) is 0 Å². The summed E-state index contributed by atoms with van der Waals surface area (Å²) in [6.07, 6.45) is 4.05. The number of hydrogen-bond donors (Lipinski definition) is 2. The van der Waals surface area contributed by atoms with E-state index in [2.05, 4.69) is 69.0 Å². The summed E-state index contributed by atoms with van der Waals surface area (Å²) in [4.78, 5) is 33.6. The van der Waals surface area contributed by atoms with Crippen LogP contribution in [0.2, 0.25) is 0 Å². The summed E-state index contributed by atoms with van der Waals surface area (Å²) in [5, 5.41) is 6.15. The normalized spacial score (nSPS) is 16.8. The smallest absolute Gasteiger partial charge is 0.317 e. The number of carbonyl (C=O) groups is 2. The molecule has 8 heteroatoms. The number of nitrogens with one attached hydrogen (secondary N) is 2. The second kappa shape index (κ2) is 15.3. The second-order valence-corrected chi connectivity index (χ2v) is 10.4. The minimum absolute atomic E-state index is 0.0560. The van der Waals surface area contributed by atoms with E-state index < -0.39 is 0 Å². The van der Waals surface area contributed by atoms with Crippen LogP contribution in [0.1, 0.15) is 36.8 Å². The molecule has 0 atom stereocenters. The summed E-state index contributed by atoms with van der Waals surface area (Å²) in [5.41, 5.74) is 2.64. The van der Waals surface area contributed by atoms with Crippen molar-refractivity contribution in [2.24, 2.45) is 0 Å². The van der Waals surface area contributed by atoms with Gasteiger partial charge < -0.3 is 20.4 Å². The molecule has 2 aliphatic heterocycles. The quantitative estimate of drug-likeness (QED) is 0.444. The van der Waals surface area contributed by atoms with Gasteiger partial charge in [0.15, 0.2) is 0 Å². The van der Waals surface area contributed by atoms with Gasteiger partial charge in [-0.15, -0.1) is 0 Å². The van der Waals surface area contributed by atoms with Crippen LogP contribution in [0.5, 0.6) is 0 Å². The predicted octanol–water partition coefficient (Wildman–Crippen LogP) is 3.60. The first-order valence-electron chi connectivity index (χ1n) is 14.3. The van der Waals surface area contributed by atoms with Gasteiger partial charge >= 0.3 is 12.1 Å². The molecule has 4 rings (SSSR count). The molecule has 0 bridgehead atoms. The fourth-order valence-electron chi connectivity index (χ4n) is 5.12. The molecule has 2 aromatic carbocycles. The molecular weight excluding hydrogens is 476 g/mol. The van der Waals surface area contributed by atoms with Gasteiger partial charge in [-0.05, 0) is 24.0 Å². The first-order valence-corrected chi connectivity index (χ1v) is 14.3. The highest BCUT2D eigenvalue weighted by molar-refractivity contribution is 5.74. The van der Waals surface area contributed by atoms with Crippen molar-refractivity contribution in [2.45, 2.75) is 38.8 Å². The van der Waals surface area contributed by atoms with Gasteiger partial charge in [-0.3, -0.25) is 9.80 Å². The monoisotopic (exact) mass is 520 g/mol. The van der Waals surface area contributed by atoms with Crippen LogP contribution >= 0.6 is 0 Å². The third kappa shape index (κ3) is 9.33. The lowest BCUT2D eigenvalue weighted by atomic mass is 10.2. The van der Waals surface area contributed by atoms with E-state index in [0.717, 1.165) is 91.1 Å². The lowest BCUT2D eigenvalue weighted by molar-refractivity contribution is 0.135. The summed E-state index contributed by atoms with van der Waals surface area (Å²) >= 11 is 0. The Morgan fingerprint density at radius 1 is 0.526 bits per heavy atom. The Bertz CT molecular complexity index is 878. The SMILES string of the molecule is O=C(NCCCCCCNC(=O)N1CCN(Cc2ccccc2)CC1)N1CCN(Cc2ccccc2)CC1. The van der Waals surface area contributed by atoms with E-state index in [1.807, 2.05) is 21.9 Å². The fraction of sp³-hybridized carbons (Fsp3) is 0.533. The first kappa shape index (κ1) is 27.9. The van der Waals surface area contributed by atoms with E-state index in [1.54, 1.807) is 0 Å². The largest absolute Gasteiger partial charge is 0.338 e. The molecule has 38 heavy (non-hydrogen) atoms. The minimum Gasteiger partial charge on any atom is -0.338 e. The highest BCUT2D eigenvalue weighted by Crippen LogP contribution is 2.10. The maximum absolute atomic E-state index is 12.5. The molecule has 0 spiro atoms.